The fraction of sp³-hybridized carbons (Fsp3) is 0.850. The molecule has 172 valence electrons. The third-order valence-corrected chi connectivity index (χ3v) is 11.3. The van der Waals surface area contributed by atoms with Crippen molar-refractivity contribution in [3.8, 4) is 0 Å². The Morgan fingerprint density at radius 1 is 1.27 bits per heavy atom. The van der Waals surface area contributed by atoms with Crippen LogP contribution in [-0.2, 0) is 18.7 Å². The summed E-state index contributed by atoms with van der Waals surface area (Å²) in [7, 11) is -0.659. The SMILES string of the molecule is C[C@H](O[Si](C)(C)C(C)(C)C)[C@H]1O[C@@H]2SC(N(C)C(=O)OC(C)(C)C)=N[C@@H]2[C@@H](F)C1=O. The average molecular weight is 463 g/mol. The van der Waals surface area contributed by atoms with Gasteiger partial charge in [0.25, 0.3) is 0 Å². The summed E-state index contributed by atoms with van der Waals surface area (Å²) >= 11 is 1.12. The summed E-state index contributed by atoms with van der Waals surface area (Å²) in [4.78, 5) is 30.5. The summed E-state index contributed by atoms with van der Waals surface area (Å²) in [5, 5.41) is 0.221. The highest BCUT2D eigenvalue weighted by Gasteiger charge is 2.53. The Morgan fingerprint density at radius 2 is 1.83 bits per heavy atom. The molecule has 2 aliphatic rings. The van der Waals surface area contributed by atoms with Crippen molar-refractivity contribution in [2.75, 3.05) is 7.05 Å². The fourth-order valence-corrected chi connectivity index (χ4v) is 5.40. The zero-order chi connectivity index (χ0) is 23.2. The second kappa shape index (κ2) is 8.52. The minimum absolute atomic E-state index is 0.0505. The number of hydrogen-bond donors (Lipinski definition) is 0. The monoisotopic (exact) mass is 462 g/mol. The van der Waals surface area contributed by atoms with Gasteiger partial charge in [0.1, 0.15) is 23.2 Å². The third kappa shape index (κ3) is 5.44. The lowest BCUT2D eigenvalue weighted by Gasteiger charge is -2.42. The van der Waals surface area contributed by atoms with Gasteiger partial charge < -0.3 is 13.9 Å². The zero-order valence-electron chi connectivity index (χ0n) is 19.6. The highest BCUT2D eigenvalue weighted by molar-refractivity contribution is 8.14. The molecule has 0 N–H and O–H groups in total. The first-order valence-corrected chi connectivity index (χ1v) is 14.0. The van der Waals surface area contributed by atoms with E-state index >= 15 is 0 Å². The molecule has 0 aromatic carbocycles. The van der Waals surface area contributed by atoms with Crippen LogP contribution in [0.2, 0.25) is 18.1 Å². The maximum atomic E-state index is 15.0. The summed E-state index contributed by atoms with van der Waals surface area (Å²) in [6.45, 7) is 17.5. The van der Waals surface area contributed by atoms with Gasteiger partial charge in [0, 0.05) is 7.05 Å². The lowest BCUT2D eigenvalue weighted by molar-refractivity contribution is -0.155. The van der Waals surface area contributed by atoms with E-state index in [9.17, 15) is 14.0 Å². The lowest BCUT2D eigenvalue weighted by Crippen LogP contribution is -2.56. The molecule has 30 heavy (non-hydrogen) atoms. The number of carbonyl (C=O) groups excluding carboxylic acids is 2. The molecule has 0 radical (unpaired) electrons. The Bertz CT molecular complexity index is 719. The number of aliphatic imine (C=N–C) groups is 1. The molecule has 10 heteroatoms. The van der Waals surface area contributed by atoms with Crippen LogP contribution in [0.4, 0.5) is 9.18 Å². The van der Waals surface area contributed by atoms with Crippen molar-refractivity contribution in [1.82, 2.24) is 4.90 Å². The number of Topliss-reactive ketones (excluding diaryl/α,β-unsaturated/α-hetero) is 1. The Balaban J connectivity index is 2.12. The number of nitrogens with zero attached hydrogens (tertiary/aromatic N) is 2. The normalized spacial score (nSPS) is 28.6. The quantitative estimate of drug-likeness (QED) is 0.580. The number of rotatable bonds is 3. The van der Waals surface area contributed by atoms with Crippen molar-refractivity contribution in [3.63, 3.8) is 0 Å². The smallest absolute Gasteiger partial charge is 0.416 e. The number of fused-ring (bicyclic) bond motifs is 1. The van der Waals surface area contributed by atoms with Gasteiger partial charge >= 0.3 is 6.09 Å². The molecule has 0 unspecified atom stereocenters. The first kappa shape index (κ1) is 25.3. The van der Waals surface area contributed by atoms with Gasteiger partial charge in [-0.3, -0.25) is 14.7 Å². The van der Waals surface area contributed by atoms with Crippen LogP contribution in [-0.4, -0.2) is 72.8 Å². The number of ether oxygens (including phenoxy) is 2. The largest absolute Gasteiger partial charge is 0.443 e. The van der Waals surface area contributed by atoms with Crippen LogP contribution in [0.3, 0.4) is 0 Å². The molecule has 0 spiro atoms. The number of amidine groups is 1. The van der Waals surface area contributed by atoms with E-state index in [4.69, 9.17) is 13.9 Å². The van der Waals surface area contributed by atoms with Crippen LogP contribution in [0.25, 0.3) is 0 Å². The Labute approximate surface area is 184 Å². The minimum Gasteiger partial charge on any atom is -0.443 e. The molecular formula is C20H35FN2O5SSi. The molecule has 0 aliphatic carbocycles. The average Bonchev–Trinajstić information content (AvgIpc) is 2.98. The first-order valence-electron chi connectivity index (χ1n) is 10.2. The highest BCUT2D eigenvalue weighted by Crippen LogP contribution is 2.41. The molecule has 5 atom stereocenters. The third-order valence-electron chi connectivity index (χ3n) is 5.56. The van der Waals surface area contributed by atoms with Crippen LogP contribution < -0.4 is 0 Å². The van der Waals surface area contributed by atoms with Crippen LogP contribution in [0.15, 0.2) is 4.99 Å². The van der Waals surface area contributed by atoms with Gasteiger partial charge in [0.05, 0.1) is 6.10 Å². The molecule has 1 fully saturated rings. The maximum Gasteiger partial charge on any atom is 0.416 e. The number of carbonyl (C=O) groups is 2. The highest BCUT2D eigenvalue weighted by atomic mass is 32.2. The summed E-state index contributed by atoms with van der Waals surface area (Å²) in [5.41, 5.74) is -1.37. The van der Waals surface area contributed by atoms with E-state index < -0.39 is 55.7 Å². The van der Waals surface area contributed by atoms with Crippen molar-refractivity contribution in [1.29, 1.82) is 0 Å². The standard InChI is InChI=1S/C20H35FN2O5SSi/c1-11(28-30(9,10)20(5,6)7)15-14(24)12(21)13-16(26-15)29-17(22-13)23(8)18(25)27-19(2,3)4/h11-13,15-16H,1-10H3/t11-,12+,13+,15+,16+/m0/s1. The van der Waals surface area contributed by atoms with Crippen molar-refractivity contribution in [2.24, 2.45) is 4.99 Å². The van der Waals surface area contributed by atoms with Gasteiger partial charge in [0.15, 0.2) is 19.7 Å². The number of amides is 1. The van der Waals surface area contributed by atoms with E-state index in [0.717, 1.165) is 11.8 Å². The zero-order valence-corrected chi connectivity index (χ0v) is 21.4. The van der Waals surface area contributed by atoms with Crippen molar-refractivity contribution in [2.45, 2.75) is 102 Å². The molecule has 7 nitrogen and oxygen atoms in total. The van der Waals surface area contributed by atoms with E-state index in [1.165, 1.54) is 11.9 Å². The summed E-state index contributed by atoms with van der Waals surface area (Å²) in [5.74, 6) is -0.659. The van der Waals surface area contributed by atoms with Crippen LogP contribution in [0.1, 0.15) is 48.5 Å². The number of thioether (sulfide) groups is 1. The maximum absolute atomic E-state index is 15.0. The first-order chi connectivity index (χ1) is 13.4. The minimum atomic E-state index is -2.17. The van der Waals surface area contributed by atoms with Gasteiger partial charge in [-0.25, -0.2) is 9.18 Å². The van der Waals surface area contributed by atoms with Crippen molar-refractivity contribution >= 4 is 37.1 Å². The second-order valence-corrected chi connectivity index (χ2v) is 16.2. The number of alkyl halides is 1. The van der Waals surface area contributed by atoms with Gasteiger partial charge in [-0.2, -0.15) is 0 Å². The Morgan fingerprint density at radius 3 is 2.33 bits per heavy atom. The molecule has 0 saturated carbocycles. The number of hydrogen-bond acceptors (Lipinski definition) is 7. The fourth-order valence-electron chi connectivity index (χ4n) is 2.86. The van der Waals surface area contributed by atoms with Gasteiger partial charge in [-0.05, 0) is 45.8 Å². The van der Waals surface area contributed by atoms with E-state index in [0.29, 0.717) is 0 Å². The number of halogens is 1. The van der Waals surface area contributed by atoms with Crippen LogP contribution in [0.5, 0.6) is 0 Å². The van der Waals surface area contributed by atoms with Gasteiger partial charge in [-0.15, -0.1) is 0 Å². The topological polar surface area (TPSA) is 77.4 Å². The van der Waals surface area contributed by atoms with E-state index in [-0.39, 0.29) is 10.2 Å². The van der Waals surface area contributed by atoms with Gasteiger partial charge in [-0.1, -0.05) is 32.5 Å². The van der Waals surface area contributed by atoms with Crippen LogP contribution in [0, 0.1) is 0 Å². The Hall–Kier alpha value is -0.973. The molecule has 1 saturated heterocycles. The molecule has 2 heterocycles. The summed E-state index contributed by atoms with van der Waals surface area (Å²) in [6, 6.07) is -0.987. The van der Waals surface area contributed by atoms with E-state index in [2.05, 4.69) is 38.9 Å². The molecule has 2 aliphatic heterocycles. The summed E-state index contributed by atoms with van der Waals surface area (Å²) in [6.07, 6.45) is -3.99. The predicted molar refractivity (Wildman–Crippen MR) is 119 cm³/mol. The molecule has 0 bridgehead atoms. The number of ketones is 1. The van der Waals surface area contributed by atoms with Crippen molar-refractivity contribution in [3.05, 3.63) is 0 Å². The summed E-state index contributed by atoms with van der Waals surface area (Å²) < 4.78 is 32.5. The molecular weight excluding hydrogens is 427 g/mol. The second-order valence-electron chi connectivity index (χ2n) is 10.4. The van der Waals surface area contributed by atoms with Gasteiger partial charge in [0.2, 0.25) is 5.78 Å². The molecule has 1 amide bonds. The van der Waals surface area contributed by atoms with Crippen molar-refractivity contribution < 1.29 is 27.9 Å². The van der Waals surface area contributed by atoms with Crippen LogP contribution >= 0.6 is 11.8 Å². The molecule has 2 rings (SSSR count). The van der Waals surface area contributed by atoms with E-state index in [1.54, 1.807) is 27.7 Å². The van der Waals surface area contributed by atoms with E-state index in [1.807, 2.05) is 0 Å². The molecule has 0 aromatic rings. The lowest BCUT2D eigenvalue weighted by atomic mass is 9.98. The predicted octanol–water partition coefficient (Wildman–Crippen LogP) is 4.37. The Kier molecular flexibility index (Phi) is 7.18. The molecule has 0 aromatic heterocycles.